The summed E-state index contributed by atoms with van der Waals surface area (Å²) in [5.41, 5.74) is 8.60. The van der Waals surface area contributed by atoms with Crippen LogP contribution in [0.2, 0.25) is 0 Å². The van der Waals surface area contributed by atoms with Gasteiger partial charge in [-0.15, -0.1) is 0 Å². The Morgan fingerprint density at radius 3 is 2.33 bits per heavy atom. The molecule has 0 radical (unpaired) electrons. The zero-order valence-corrected chi connectivity index (χ0v) is 13.7. The Kier molecular flexibility index (Phi) is 4.82. The second-order valence-electron chi connectivity index (χ2n) is 5.30. The maximum absolute atomic E-state index is 13.0. The van der Waals surface area contributed by atoms with Gasteiger partial charge in [-0.2, -0.15) is 0 Å². The molecule has 0 spiro atoms. The van der Waals surface area contributed by atoms with E-state index >= 15 is 0 Å². The fraction of sp³-hybridized carbons (Fsp3) is 0.0526. The molecule has 0 fully saturated rings. The van der Waals surface area contributed by atoms with Gasteiger partial charge in [0.15, 0.2) is 5.11 Å². The van der Waals surface area contributed by atoms with Crippen molar-refractivity contribution in [2.45, 2.75) is 6.42 Å². The van der Waals surface area contributed by atoms with Gasteiger partial charge in [0.1, 0.15) is 11.6 Å². The largest absolute Gasteiger partial charge is 0.376 e. The molecule has 0 saturated carbocycles. The van der Waals surface area contributed by atoms with E-state index in [1.807, 2.05) is 48.5 Å². The molecule has 0 aliphatic heterocycles. The van der Waals surface area contributed by atoms with Crippen LogP contribution in [-0.2, 0) is 6.42 Å². The first-order valence-corrected chi connectivity index (χ1v) is 7.89. The molecule has 120 valence electrons. The van der Waals surface area contributed by atoms with Gasteiger partial charge in [0.25, 0.3) is 0 Å². The third kappa shape index (κ3) is 3.75. The summed E-state index contributed by atoms with van der Waals surface area (Å²) in [6.45, 7) is 0. The maximum atomic E-state index is 13.0. The molecule has 0 aliphatic carbocycles. The van der Waals surface area contributed by atoms with E-state index in [0.29, 0.717) is 12.2 Å². The van der Waals surface area contributed by atoms with Crippen LogP contribution in [0.5, 0.6) is 0 Å². The van der Waals surface area contributed by atoms with Crippen LogP contribution in [0.1, 0.15) is 11.3 Å². The topological polar surface area (TPSA) is 42.1 Å². The van der Waals surface area contributed by atoms with Crippen molar-refractivity contribution in [3.8, 4) is 0 Å². The summed E-state index contributed by atoms with van der Waals surface area (Å²) in [6.07, 6.45) is 0.605. The van der Waals surface area contributed by atoms with Crippen LogP contribution in [-0.4, -0.2) is 10.1 Å². The number of rotatable bonds is 4. The summed E-state index contributed by atoms with van der Waals surface area (Å²) in [5, 5.41) is 0.229. The number of nitrogens with two attached hydrogens (primary N) is 1. The molecule has 1 heterocycles. The quantitative estimate of drug-likeness (QED) is 0.725. The Morgan fingerprint density at radius 1 is 0.958 bits per heavy atom. The summed E-state index contributed by atoms with van der Waals surface area (Å²) in [6, 6.07) is 21.7. The van der Waals surface area contributed by atoms with Gasteiger partial charge < -0.3 is 5.73 Å². The van der Waals surface area contributed by atoms with Gasteiger partial charge in [-0.3, -0.25) is 4.90 Å². The molecule has 0 unspecified atom stereocenters. The lowest BCUT2D eigenvalue weighted by Gasteiger charge is -2.22. The van der Waals surface area contributed by atoms with E-state index in [-0.39, 0.29) is 10.9 Å². The van der Waals surface area contributed by atoms with Gasteiger partial charge in [-0.05, 0) is 54.2 Å². The van der Waals surface area contributed by atoms with Crippen molar-refractivity contribution < 1.29 is 4.39 Å². The normalized spacial score (nSPS) is 10.4. The van der Waals surface area contributed by atoms with Crippen molar-refractivity contribution in [3.63, 3.8) is 0 Å². The zero-order chi connectivity index (χ0) is 16.9. The van der Waals surface area contributed by atoms with Gasteiger partial charge in [0.2, 0.25) is 0 Å². The number of benzene rings is 2. The molecule has 0 amide bonds. The summed E-state index contributed by atoms with van der Waals surface area (Å²) >= 11 is 5.19. The monoisotopic (exact) mass is 337 g/mol. The van der Waals surface area contributed by atoms with E-state index < -0.39 is 0 Å². The fourth-order valence-electron chi connectivity index (χ4n) is 2.45. The van der Waals surface area contributed by atoms with Crippen LogP contribution in [0.4, 0.5) is 15.9 Å². The molecule has 0 atom stereocenters. The highest BCUT2D eigenvalue weighted by molar-refractivity contribution is 7.80. The van der Waals surface area contributed by atoms with E-state index in [2.05, 4.69) is 4.98 Å². The number of thiocarbonyl (C=S) groups is 1. The molecule has 5 heteroatoms. The van der Waals surface area contributed by atoms with Crippen LogP contribution in [0, 0.1) is 5.82 Å². The van der Waals surface area contributed by atoms with Gasteiger partial charge in [-0.25, -0.2) is 9.37 Å². The Bertz CT molecular complexity index is 835. The van der Waals surface area contributed by atoms with E-state index in [1.165, 1.54) is 12.1 Å². The second-order valence-corrected chi connectivity index (χ2v) is 5.72. The molecule has 24 heavy (non-hydrogen) atoms. The lowest BCUT2D eigenvalue weighted by Crippen LogP contribution is -2.31. The minimum atomic E-state index is -0.246. The summed E-state index contributed by atoms with van der Waals surface area (Å²) in [7, 11) is 0. The number of para-hydroxylation sites is 1. The predicted molar refractivity (Wildman–Crippen MR) is 98.8 cm³/mol. The first-order valence-electron chi connectivity index (χ1n) is 7.48. The zero-order valence-electron chi connectivity index (χ0n) is 12.9. The SMILES string of the molecule is NC(=S)N(c1ccccc1)c1cccc(Cc2ccc(F)cc2)n1. The van der Waals surface area contributed by atoms with Crippen molar-refractivity contribution >= 4 is 28.8 Å². The van der Waals surface area contributed by atoms with Gasteiger partial charge in [-0.1, -0.05) is 36.4 Å². The van der Waals surface area contributed by atoms with Crippen molar-refractivity contribution in [1.29, 1.82) is 0 Å². The van der Waals surface area contributed by atoms with Crippen molar-refractivity contribution in [2.75, 3.05) is 4.90 Å². The summed E-state index contributed by atoms with van der Waals surface area (Å²) in [4.78, 5) is 6.38. The minimum absolute atomic E-state index is 0.229. The Morgan fingerprint density at radius 2 is 1.67 bits per heavy atom. The number of pyridine rings is 1. The highest BCUT2D eigenvalue weighted by atomic mass is 32.1. The molecule has 3 rings (SSSR count). The fourth-order valence-corrected chi connectivity index (χ4v) is 2.65. The number of nitrogens with zero attached hydrogens (tertiary/aromatic N) is 2. The van der Waals surface area contributed by atoms with Crippen LogP contribution in [0.25, 0.3) is 0 Å². The van der Waals surface area contributed by atoms with E-state index in [0.717, 1.165) is 16.9 Å². The van der Waals surface area contributed by atoms with E-state index in [9.17, 15) is 4.39 Å². The van der Waals surface area contributed by atoms with Crippen LogP contribution in [0.3, 0.4) is 0 Å². The second kappa shape index (κ2) is 7.19. The Hall–Kier alpha value is -2.79. The molecule has 0 bridgehead atoms. The minimum Gasteiger partial charge on any atom is -0.376 e. The van der Waals surface area contributed by atoms with Gasteiger partial charge in [0, 0.05) is 17.8 Å². The highest BCUT2D eigenvalue weighted by Gasteiger charge is 2.13. The van der Waals surface area contributed by atoms with Crippen LogP contribution in [0.15, 0.2) is 72.8 Å². The molecule has 0 saturated heterocycles. The summed E-state index contributed by atoms with van der Waals surface area (Å²) < 4.78 is 13.0. The smallest absolute Gasteiger partial charge is 0.176 e. The molecular formula is C19H16FN3S. The number of hydrogen-bond acceptors (Lipinski definition) is 2. The van der Waals surface area contributed by atoms with Crippen molar-refractivity contribution in [3.05, 3.63) is 89.9 Å². The lowest BCUT2D eigenvalue weighted by molar-refractivity contribution is 0.627. The molecule has 3 aromatic rings. The number of halogens is 1. The molecule has 2 N–H and O–H groups in total. The summed E-state index contributed by atoms with van der Waals surface area (Å²) in [5.74, 6) is 0.414. The third-order valence-corrected chi connectivity index (χ3v) is 3.74. The average molecular weight is 337 g/mol. The van der Waals surface area contributed by atoms with Crippen LogP contribution < -0.4 is 10.6 Å². The Balaban J connectivity index is 1.91. The predicted octanol–water partition coefficient (Wildman–Crippen LogP) is 4.19. The average Bonchev–Trinajstić information content (AvgIpc) is 2.58. The number of anilines is 2. The first-order chi connectivity index (χ1) is 11.6. The highest BCUT2D eigenvalue weighted by Crippen LogP contribution is 2.23. The molecule has 1 aromatic heterocycles. The van der Waals surface area contributed by atoms with Crippen LogP contribution >= 0.6 is 12.2 Å². The van der Waals surface area contributed by atoms with Gasteiger partial charge in [0.05, 0.1) is 0 Å². The first kappa shape index (κ1) is 16.1. The van der Waals surface area contributed by atoms with Gasteiger partial charge >= 0.3 is 0 Å². The molecule has 3 nitrogen and oxygen atoms in total. The van der Waals surface area contributed by atoms with E-state index in [1.54, 1.807) is 17.0 Å². The Labute approximate surface area is 145 Å². The maximum Gasteiger partial charge on any atom is 0.176 e. The van der Waals surface area contributed by atoms with Crippen molar-refractivity contribution in [1.82, 2.24) is 4.98 Å². The lowest BCUT2D eigenvalue weighted by atomic mass is 10.1. The molecular weight excluding hydrogens is 321 g/mol. The molecule has 2 aromatic carbocycles. The number of aromatic nitrogens is 1. The standard InChI is InChI=1S/C19H16FN3S/c20-15-11-9-14(10-12-15)13-16-5-4-8-18(22-16)23(19(21)24)17-6-2-1-3-7-17/h1-12H,13H2,(H2,21,24). The molecule has 0 aliphatic rings. The number of hydrogen-bond donors (Lipinski definition) is 1. The third-order valence-electron chi connectivity index (χ3n) is 3.55. The van der Waals surface area contributed by atoms with E-state index in [4.69, 9.17) is 18.0 Å². The van der Waals surface area contributed by atoms with Crippen molar-refractivity contribution in [2.24, 2.45) is 5.73 Å².